The van der Waals surface area contributed by atoms with E-state index < -0.39 is 0 Å². The van der Waals surface area contributed by atoms with Crippen molar-refractivity contribution in [1.29, 1.82) is 0 Å². The molecule has 0 spiro atoms. The van der Waals surface area contributed by atoms with Crippen molar-refractivity contribution in [3.63, 3.8) is 0 Å². The average molecular weight is 244 g/mol. The number of benzene rings is 1. The monoisotopic (exact) mass is 243 g/mol. The molecule has 88 valence electrons. The zero-order valence-corrected chi connectivity index (χ0v) is 9.79. The second kappa shape index (κ2) is 7.09. The first-order valence-corrected chi connectivity index (χ1v) is 5.33. The lowest BCUT2D eigenvalue weighted by atomic mass is 10.3. The molecule has 0 unspecified atom stereocenters. The Kier molecular flexibility index (Phi) is 5.67. The lowest BCUT2D eigenvalue weighted by Crippen LogP contribution is -2.21. The van der Waals surface area contributed by atoms with Gasteiger partial charge in [0, 0.05) is 18.4 Å². The second-order valence-corrected chi connectivity index (χ2v) is 3.60. The Morgan fingerprint density at radius 1 is 1.31 bits per heavy atom. The number of carbonyl (C=O) groups excluding carboxylic acids is 1. The standard InChI is InChI=1S/C11H14ClNO3/c1-9(14)13-16-8-2-7-15-11-5-3-10(12)4-6-11/h3-6H,2,7-8H2,1H3,(H,13,14). The fourth-order valence-corrected chi connectivity index (χ4v) is 1.13. The van der Waals surface area contributed by atoms with E-state index in [1.807, 2.05) is 0 Å². The number of carbonyl (C=O) groups is 1. The Hall–Kier alpha value is -1.26. The maximum absolute atomic E-state index is 10.4. The van der Waals surface area contributed by atoms with Gasteiger partial charge >= 0.3 is 0 Å². The quantitative estimate of drug-likeness (QED) is 0.615. The molecule has 0 aliphatic heterocycles. The molecule has 0 bridgehead atoms. The highest BCUT2D eigenvalue weighted by atomic mass is 35.5. The molecule has 0 atom stereocenters. The van der Waals surface area contributed by atoms with E-state index in [-0.39, 0.29) is 5.91 Å². The van der Waals surface area contributed by atoms with Crippen molar-refractivity contribution < 1.29 is 14.4 Å². The molecular formula is C11H14ClNO3. The van der Waals surface area contributed by atoms with Gasteiger partial charge in [0.2, 0.25) is 5.91 Å². The van der Waals surface area contributed by atoms with Gasteiger partial charge in [-0.05, 0) is 24.3 Å². The summed E-state index contributed by atoms with van der Waals surface area (Å²) in [7, 11) is 0. The molecule has 4 nitrogen and oxygen atoms in total. The van der Waals surface area contributed by atoms with Crippen LogP contribution in [0.5, 0.6) is 5.75 Å². The average Bonchev–Trinajstić information content (AvgIpc) is 2.25. The van der Waals surface area contributed by atoms with Crippen molar-refractivity contribution in [3.05, 3.63) is 29.3 Å². The summed E-state index contributed by atoms with van der Waals surface area (Å²) in [6.45, 7) is 2.35. The summed E-state index contributed by atoms with van der Waals surface area (Å²) >= 11 is 5.73. The summed E-state index contributed by atoms with van der Waals surface area (Å²) < 4.78 is 5.42. The number of ether oxygens (including phenoxy) is 1. The molecule has 0 radical (unpaired) electrons. The van der Waals surface area contributed by atoms with E-state index in [0.717, 1.165) is 5.75 Å². The molecule has 16 heavy (non-hydrogen) atoms. The zero-order valence-electron chi connectivity index (χ0n) is 9.03. The predicted molar refractivity (Wildman–Crippen MR) is 61.3 cm³/mol. The Morgan fingerprint density at radius 3 is 2.62 bits per heavy atom. The third-order valence-corrected chi connectivity index (χ3v) is 1.94. The second-order valence-electron chi connectivity index (χ2n) is 3.16. The minimum absolute atomic E-state index is 0.210. The molecule has 1 aromatic rings. The largest absolute Gasteiger partial charge is 0.494 e. The van der Waals surface area contributed by atoms with Gasteiger partial charge in [0.05, 0.1) is 13.2 Å². The minimum Gasteiger partial charge on any atom is -0.494 e. The fourth-order valence-electron chi connectivity index (χ4n) is 1.00. The third kappa shape index (κ3) is 5.58. The molecule has 0 saturated heterocycles. The van der Waals surface area contributed by atoms with Crippen LogP contribution in [0, 0.1) is 0 Å². The van der Waals surface area contributed by atoms with Crippen molar-refractivity contribution in [3.8, 4) is 5.75 Å². The molecule has 0 fully saturated rings. The van der Waals surface area contributed by atoms with Crippen LogP contribution in [-0.4, -0.2) is 19.1 Å². The van der Waals surface area contributed by atoms with Gasteiger partial charge in [0.1, 0.15) is 5.75 Å². The Bertz CT molecular complexity index is 327. The fraction of sp³-hybridized carbons (Fsp3) is 0.364. The number of amides is 1. The molecule has 1 N–H and O–H groups in total. The van der Waals surface area contributed by atoms with Crippen LogP contribution < -0.4 is 10.2 Å². The van der Waals surface area contributed by atoms with E-state index in [4.69, 9.17) is 21.2 Å². The molecule has 1 rings (SSSR count). The topological polar surface area (TPSA) is 47.6 Å². The number of rotatable bonds is 6. The van der Waals surface area contributed by atoms with Crippen LogP contribution in [0.1, 0.15) is 13.3 Å². The number of hydrogen-bond acceptors (Lipinski definition) is 3. The van der Waals surface area contributed by atoms with E-state index in [1.54, 1.807) is 24.3 Å². The zero-order chi connectivity index (χ0) is 11.8. The first kappa shape index (κ1) is 12.8. The van der Waals surface area contributed by atoms with Gasteiger partial charge in [-0.2, -0.15) is 0 Å². The highest BCUT2D eigenvalue weighted by Gasteiger charge is 1.95. The lowest BCUT2D eigenvalue weighted by molar-refractivity contribution is -0.131. The lowest BCUT2D eigenvalue weighted by Gasteiger charge is -2.06. The van der Waals surface area contributed by atoms with E-state index >= 15 is 0 Å². The molecule has 0 aromatic heterocycles. The number of hydroxylamine groups is 1. The van der Waals surface area contributed by atoms with Gasteiger partial charge in [-0.25, -0.2) is 5.48 Å². The van der Waals surface area contributed by atoms with Crippen molar-refractivity contribution >= 4 is 17.5 Å². The summed E-state index contributed by atoms with van der Waals surface area (Å²) in [6.07, 6.45) is 0.697. The maximum Gasteiger partial charge on any atom is 0.240 e. The van der Waals surface area contributed by atoms with Gasteiger partial charge in [0.15, 0.2) is 0 Å². The predicted octanol–water partition coefficient (Wildman–Crippen LogP) is 2.18. The van der Waals surface area contributed by atoms with Crippen LogP contribution in [-0.2, 0) is 9.63 Å². The molecule has 0 aliphatic rings. The molecule has 0 heterocycles. The third-order valence-electron chi connectivity index (χ3n) is 1.69. The number of nitrogens with one attached hydrogen (secondary N) is 1. The molecular weight excluding hydrogens is 230 g/mol. The number of hydrogen-bond donors (Lipinski definition) is 1. The normalized spacial score (nSPS) is 9.88. The van der Waals surface area contributed by atoms with Crippen molar-refractivity contribution in [1.82, 2.24) is 5.48 Å². The summed E-state index contributed by atoms with van der Waals surface area (Å²) in [5, 5.41) is 0.682. The van der Waals surface area contributed by atoms with Gasteiger partial charge in [0.25, 0.3) is 0 Å². The molecule has 0 aliphatic carbocycles. The Labute approximate surface area is 99.5 Å². The van der Waals surface area contributed by atoms with Gasteiger partial charge in [-0.1, -0.05) is 11.6 Å². The SMILES string of the molecule is CC(=O)NOCCCOc1ccc(Cl)cc1. The van der Waals surface area contributed by atoms with Crippen LogP contribution >= 0.6 is 11.6 Å². The Balaban J connectivity index is 2.07. The summed E-state index contributed by atoms with van der Waals surface area (Å²) in [4.78, 5) is 15.3. The van der Waals surface area contributed by atoms with Crippen LogP contribution in [0.15, 0.2) is 24.3 Å². The first-order chi connectivity index (χ1) is 7.68. The van der Waals surface area contributed by atoms with Crippen LogP contribution in [0.4, 0.5) is 0 Å². The smallest absolute Gasteiger partial charge is 0.240 e. The van der Waals surface area contributed by atoms with E-state index in [1.165, 1.54) is 6.92 Å². The summed E-state index contributed by atoms with van der Waals surface area (Å²) in [5.41, 5.74) is 2.24. The summed E-state index contributed by atoms with van der Waals surface area (Å²) in [5.74, 6) is 0.558. The molecule has 5 heteroatoms. The summed E-state index contributed by atoms with van der Waals surface area (Å²) in [6, 6.07) is 7.14. The van der Waals surface area contributed by atoms with Gasteiger partial charge in [-0.3, -0.25) is 9.63 Å². The van der Waals surface area contributed by atoms with Crippen LogP contribution in [0.3, 0.4) is 0 Å². The Morgan fingerprint density at radius 2 is 2.00 bits per heavy atom. The minimum atomic E-state index is -0.210. The van der Waals surface area contributed by atoms with Crippen molar-refractivity contribution in [2.24, 2.45) is 0 Å². The van der Waals surface area contributed by atoms with E-state index in [9.17, 15) is 4.79 Å². The van der Waals surface area contributed by atoms with Crippen LogP contribution in [0.2, 0.25) is 5.02 Å². The van der Waals surface area contributed by atoms with E-state index in [2.05, 4.69) is 5.48 Å². The maximum atomic E-state index is 10.4. The van der Waals surface area contributed by atoms with Crippen molar-refractivity contribution in [2.75, 3.05) is 13.2 Å². The van der Waals surface area contributed by atoms with Crippen LogP contribution in [0.25, 0.3) is 0 Å². The highest BCUT2D eigenvalue weighted by molar-refractivity contribution is 6.30. The van der Waals surface area contributed by atoms with Gasteiger partial charge < -0.3 is 4.74 Å². The molecule has 0 saturated carbocycles. The van der Waals surface area contributed by atoms with Crippen molar-refractivity contribution in [2.45, 2.75) is 13.3 Å². The van der Waals surface area contributed by atoms with Gasteiger partial charge in [-0.15, -0.1) is 0 Å². The van der Waals surface area contributed by atoms with E-state index in [0.29, 0.717) is 24.7 Å². The number of halogens is 1. The molecule has 1 amide bonds. The molecule has 1 aromatic carbocycles. The first-order valence-electron chi connectivity index (χ1n) is 4.95. The highest BCUT2D eigenvalue weighted by Crippen LogP contribution is 2.15.